The first-order valence-electron chi connectivity index (χ1n) is 9.97. The highest BCUT2D eigenvalue weighted by Gasteiger charge is 2.26. The van der Waals surface area contributed by atoms with Crippen molar-refractivity contribution in [2.75, 3.05) is 13.1 Å². The van der Waals surface area contributed by atoms with Crippen molar-refractivity contribution in [3.8, 4) is 11.5 Å². The van der Waals surface area contributed by atoms with E-state index in [0.29, 0.717) is 24.1 Å². The summed E-state index contributed by atoms with van der Waals surface area (Å²) in [6.45, 7) is 7.32. The Balaban J connectivity index is 1.70. The van der Waals surface area contributed by atoms with Gasteiger partial charge in [0, 0.05) is 11.6 Å². The van der Waals surface area contributed by atoms with Gasteiger partial charge in [-0.15, -0.1) is 0 Å². The number of hydrogen-bond donors (Lipinski definition) is 1. The molecule has 1 N–H and O–H groups in total. The molecule has 1 aliphatic rings. The number of fused-ring (bicyclic) bond motifs is 1. The van der Waals surface area contributed by atoms with Gasteiger partial charge in [-0.3, -0.25) is 0 Å². The molecule has 26 heavy (non-hydrogen) atoms. The van der Waals surface area contributed by atoms with Crippen LogP contribution in [0.25, 0.3) is 0 Å². The smallest absolute Gasteiger partial charge is 0.161 e. The zero-order valence-electron chi connectivity index (χ0n) is 16.1. The second kappa shape index (κ2) is 9.09. The number of benzene rings is 2. The molecule has 0 saturated heterocycles. The van der Waals surface area contributed by atoms with Crippen LogP contribution >= 0.6 is 0 Å². The Labute approximate surface area is 157 Å². The number of nitrogens with zero attached hydrogens (tertiary/aromatic N) is 1. The predicted molar refractivity (Wildman–Crippen MR) is 107 cm³/mol. The molecular formula is C23H31NO2. The molecule has 0 saturated carbocycles. The van der Waals surface area contributed by atoms with Gasteiger partial charge < -0.3 is 14.7 Å². The first-order chi connectivity index (χ1) is 12.7. The lowest BCUT2D eigenvalue weighted by molar-refractivity contribution is 0.179. The van der Waals surface area contributed by atoms with Crippen LogP contribution < -0.4 is 4.74 Å². The van der Waals surface area contributed by atoms with Crippen LogP contribution in [0.5, 0.6) is 11.5 Å². The third kappa shape index (κ3) is 4.39. The van der Waals surface area contributed by atoms with Crippen molar-refractivity contribution in [1.82, 2.24) is 4.90 Å². The minimum absolute atomic E-state index is 0.342. The van der Waals surface area contributed by atoms with Crippen LogP contribution in [0.2, 0.25) is 0 Å². The van der Waals surface area contributed by atoms with E-state index in [1.165, 1.54) is 18.4 Å². The van der Waals surface area contributed by atoms with Crippen molar-refractivity contribution >= 4 is 0 Å². The fourth-order valence-corrected chi connectivity index (χ4v) is 4.01. The molecule has 0 fully saturated rings. The maximum atomic E-state index is 10.7. The summed E-state index contributed by atoms with van der Waals surface area (Å²) in [5.41, 5.74) is 3.47. The fourth-order valence-electron chi connectivity index (χ4n) is 4.01. The van der Waals surface area contributed by atoms with E-state index in [-0.39, 0.29) is 0 Å². The zero-order valence-corrected chi connectivity index (χ0v) is 16.1. The first kappa shape index (κ1) is 18.8. The lowest BCUT2D eigenvalue weighted by atomic mass is 9.86. The Morgan fingerprint density at radius 3 is 2.46 bits per heavy atom. The van der Waals surface area contributed by atoms with Gasteiger partial charge in [0.25, 0.3) is 0 Å². The van der Waals surface area contributed by atoms with Crippen molar-refractivity contribution in [3.05, 3.63) is 59.2 Å². The standard InChI is InChI=1S/C23H31NO2/c1-3-14-24(15-4-2)20-11-12-21-19(16-20)10-13-22(23(21)25)26-17-18-8-6-5-7-9-18/h5-10,13,20,25H,3-4,11-12,14-17H2,1-2H3/t20-/m0/s1. The van der Waals surface area contributed by atoms with E-state index in [1.807, 2.05) is 36.4 Å². The minimum Gasteiger partial charge on any atom is -0.504 e. The third-order valence-corrected chi connectivity index (χ3v) is 5.30. The second-order valence-corrected chi connectivity index (χ2v) is 7.26. The Kier molecular flexibility index (Phi) is 6.56. The van der Waals surface area contributed by atoms with Gasteiger partial charge in [0.15, 0.2) is 11.5 Å². The van der Waals surface area contributed by atoms with Gasteiger partial charge in [0.2, 0.25) is 0 Å². The Hall–Kier alpha value is -2.00. The van der Waals surface area contributed by atoms with E-state index in [9.17, 15) is 5.11 Å². The lowest BCUT2D eigenvalue weighted by Gasteiger charge is -2.35. The van der Waals surface area contributed by atoms with Crippen LogP contribution in [-0.2, 0) is 19.4 Å². The molecule has 0 radical (unpaired) electrons. The van der Waals surface area contributed by atoms with Gasteiger partial charge in [-0.2, -0.15) is 0 Å². The van der Waals surface area contributed by atoms with Crippen LogP contribution in [-0.4, -0.2) is 29.1 Å². The quantitative estimate of drug-likeness (QED) is 0.729. The van der Waals surface area contributed by atoms with E-state index in [2.05, 4.69) is 24.8 Å². The minimum atomic E-state index is 0.342. The Bertz CT molecular complexity index is 693. The molecule has 3 rings (SSSR count). The average Bonchev–Trinajstić information content (AvgIpc) is 2.68. The predicted octanol–water partition coefficient (Wildman–Crippen LogP) is 4.95. The number of rotatable bonds is 8. The highest BCUT2D eigenvalue weighted by Crippen LogP contribution is 2.38. The molecule has 1 atom stereocenters. The molecule has 0 spiro atoms. The molecule has 0 unspecified atom stereocenters. The molecule has 2 aromatic carbocycles. The highest BCUT2D eigenvalue weighted by atomic mass is 16.5. The number of hydrogen-bond acceptors (Lipinski definition) is 3. The van der Waals surface area contributed by atoms with Crippen molar-refractivity contribution < 1.29 is 9.84 Å². The first-order valence-corrected chi connectivity index (χ1v) is 9.97. The molecule has 0 amide bonds. The van der Waals surface area contributed by atoms with Gasteiger partial charge in [-0.25, -0.2) is 0 Å². The summed E-state index contributed by atoms with van der Waals surface area (Å²) in [4.78, 5) is 2.62. The summed E-state index contributed by atoms with van der Waals surface area (Å²) in [5.74, 6) is 0.944. The van der Waals surface area contributed by atoms with E-state index in [4.69, 9.17) is 4.74 Å². The van der Waals surface area contributed by atoms with E-state index < -0.39 is 0 Å². The van der Waals surface area contributed by atoms with E-state index >= 15 is 0 Å². The van der Waals surface area contributed by atoms with Gasteiger partial charge in [0.1, 0.15) is 6.61 Å². The monoisotopic (exact) mass is 353 g/mol. The maximum Gasteiger partial charge on any atom is 0.161 e. The number of phenolic OH excluding ortho intramolecular Hbond substituents is 1. The lowest BCUT2D eigenvalue weighted by Crippen LogP contribution is -2.40. The topological polar surface area (TPSA) is 32.7 Å². The Morgan fingerprint density at radius 2 is 1.77 bits per heavy atom. The Morgan fingerprint density at radius 1 is 1.04 bits per heavy atom. The van der Waals surface area contributed by atoms with E-state index in [1.54, 1.807) is 0 Å². The molecule has 0 aromatic heterocycles. The summed E-state index contributed by atoms with van der Waals surface area (Å²) >= 11 is 0. The molecule has 3 heteroatoms. The molecule has 140 valence electrons. The largest absolute Gasteiger partial charge is 0.504 e. The molecule has 0 aliphatic heterocycles. The van der Waals surface area contributed by atoms with Gasteiger partial charge in [0.05, 0.1) is 0 Å². The van der Waals surface area contributed by atoms with Crippen LogP contribution in [0.15, 0.2) is 42.5 Å². The van der Waals surface area contributed by atoms with Gasteiger partial charge in [-0.05, 0) is 62.4 Å². The van der Waals surface area contributed by atoms with Crippen LogP contribution in [0.4, 0.5) is 0 Å². The van der Waals surface area contributed by atoms with E-state index in [0.717, 1.165) is 43.5 Å². The molecule has 3 nitrogen and oxygen atoms in total. The molecular weight excluding hydrogens is 322 g/mol. The number of aromatic hydroxyl groups is 1. The molecule has 0 heterocycles. The second-order valence-electron chi connectivity index (χ2n) is 7.26. The zero-order chi connectivity index (χ0) is 18.4. The van der Waals surface area contributed by atoms with Crippen LogP contribution in [0.3, 0.4) is 0 Å². The average molecular weight is 354 g/mol. The van der Waals surface area contributed by atoms with Crippen molar-refractivity contribution in [2.24, 2.45) is 0 Å². The molecule has 0 bridgehead atoms. The van der Waals surface area contributed by atoms with Gasteiger partial charge in [-0.1, -0.05) is 50.2 Å². The van der Waals surface area contributed by atoms with Crippen molar-refractivity contribution in [1.29, 1.82) is 0 Å². The summed E-state index contributed by atoms with van der Waals surface area (Å²) in [7, 11) is 0. The summed E-state index contributed by atoms with van der Waals surface area (Å²) in [6.07, 6.45) is 5.46. The SMILES string of the molecule is CCCN(CCC)[C@H]1CCc2c(ccc(OCc3ccccc3)c2O)C1. The number of phenols is 1. The van der Waals surface area contributed by atoms with Crippen molar-refractivity contribution in [2.45, 2.75) is 58.6 Å². The summed E-state index contributed by atoms with van der Waals surface area (Å²) in [5, 5.41) is 10.7. The van der Waals surface area contributed by atoms with Crippen LogP contribution in [0.1, 0.15) is 49.8 Å². The molecule has 1 aliphatic carbocycles. The highest BCUT2D eigenvalue weighted by molar-refractivity contribution is 5.51. The summed E-state index contributed by atoms with van der Waals surface area (Å²) in [6, 6.07) is 14.8. The molecule has 2 aromatic rings. The fraction of sp³-hybridized carbons (Fsp3) is 0.478. The van der Waals surface area contributed by atoms with Gasteiger partial charge >= 0.3 is 0 Å². The summed E-state index contributed by atoms with van der Waals surface area (Å²) < 4.78 is 5.88. The maximum absolute atomic E-state index is 10.7. The van der Waals surface area contributed by atoms with Crippen molar-refractivity contribution in [3.63, 3.8) is 0 Å². The van der Waals surface area contributed by atoms with Crippen LogP contribution in [0, 0.1) is 0 Å². The number of ether oxygens (including phenoxy) is 1. The third-order valence-electron chi connectivity index (χ3n) is 5.30. The normalized spacial score (nSPS) is 16.5.